The maximum Gasteiger partial charge on any atom is 0.339 e. The Balaban J connectivity index is 1.67. The number of hydrogen-bond donors (Lipinski definition) is 0. The highest BCUT2D eigenvalue weighted by Crippen LogP contribution is 2.34. The Hall–Kier alpha value is -4.15. The van der Waals surface area contributed by atoms with Crippen molar-refractivity contribution in [2.45, 2.75) is 21.1 Å². The summed E-state index contributed by atoms with van der Waals surface area (Å²) in [6.07, 6.45) is 5.53. The standard InChI is InChI=1S/C29H25NO8S3/c1-2-21-30(39(31,32)25-12-6-3-7-13-25)22-20-24-18-19-28(37-40(33,34)26-14-8-4-9-15-26)29(23-24)38-41(35,36)27-16-10-5-11-17-27/h1,3-19,23H,20-22H2. The molecule has 0 saturated carbocycles. The quantitative estimate of drug-likeness (QED) is 0.173. The average molecular weight is 612 g/mol. The second kappa shape index (κ2) is 12.6. The summed E-state index contributed by atoms with van der Waals surface area (Å²) < 4.78 is 89.8. The average Bonchev–Trinajstić information content (AvgIpc) is 2.97. The van der Waals surface area contributed by atoms with Crippen LogP contribution in [0.4, 0.5) is 0 Å². The Kier molecular flexibility index (Phi) is 9.14. The van der Waals surface area contributed by atoms with Gasteiger partial charge >= 0.3 is 20.2 Å². The first-order valence-corrected chi connectivity index (χ1v) is 16.4. The van der Waals surface area contributed by atoms with Gasteiger partial charge in [0.2, 0.25) is 10.0 Å². The summed E-state index contributed by atoms with van der Waals surface area (Å²) in [7, 11) is -12.6. The van der Waals surface area contributed by atoms with E-state index in [1.165, 1.54) is 78.9 Å². The molecule has 0 aliphatic heterocycles. The summed E-state index contributed by atoms with van der Waals surface area (Å²) in [5, 5.41) is 0. The number of hydrogen-bond acceptors (Lipinski definition) is 8. The molecule has 4 aromatic rings. The molecule has 0 aliphatic carbocycles. The minimum Gasteiger partial charge on any atom is -0.375 e. The van der Waals surface area contributed by atoms with Crippen molar-refractivity contribution in [3.63, 3.8) is 0 Å². The van der Waals surface area contributed by atoms with Crippen LogP contribution in [0.2, 0.25) is 0 Å². The van der Waals surface area contributed by atoms with Crippen molar-refractivity contribution in [1.82, 2.24) is 4.31 Å². The van der Waals surface area contributed by atoms with Gasteiger partial charge < -0.3 is 8.37 Å². The molecular weight excluding hydrogens is 587 g/mol. The van der Waals surface area contributed by atoms with E-state index in [2.05, 4.69) is 5.92 Å². The van der Waals surface area contributed by atoms with Crippen LogP contribution in [0.5, 0.6) is 11.5 Å². The fourth-order valence-electron chi connectivity index (χ4n) is 3.73. The maximum atomic E-state index is 13.1. The Morgan fingerprint density at radius 2 is 1.07 bits per heavy atom. The van der Waals surface area contributed by atoms with Gasteiger partial charge in [-0.05, 0) is 60.5 Å². The first-order valence-electron chi connectivity index (χ1n) is 12.1. The van der Waals surface area contributed by atoms with E-state index in [0.29, 0.717) is 5.56 Å². The highest BCUT2D eigenvalue weighted by atomic mass is 32.2. The van der Waals surface area contributed by atoms with Crippen molar-refractivity contribution in [3.8, 4) is 23.8 Å². The molecule has 0 spiro atoms. The van der Waals surface area contributed by atoms with Crippen LogP contribution in [0.1, 0.15) is 5.56 Å². The molecule has 4 rings (SSSR count). The molecule has 0 N–H and O–H groups in total. The van der Waals surface area contributed by atoms with Crippen molar-refractivity contribution in [2.24, 2.45) is 0 Å². The van der Waals surface area contributed by atoms with E-state index in [1.807, 2.05) is 0 Å². The lowest BCUT2D eigenvalue weighted by atomic mass is 10.1. The van der Waals surface area contributed by atoms with Gasteiger partial charge in [-0.2, -0.15) is 21.1 Å². The third-order valence-electron chi connectivity index (χ3n) is 5.77. The first kappa shape index (κ1) is 29.8. The van der Waals surface area contributed by atoms with Crippen LogP contribution in [-0.4, -0.2) is 42.6 Å². The summed E-state index contributed by atoms with van der Waals surface area (Å²) in [5.41, 5.74) is 0.443. The lowest BCUT2D eigenvalue weighted by Gasteiger charge is -2.20. The molecule has 9 nitrogen and oxygen atoms in total. The van der Waals surface area contributed by atoms with Crippen LogP contribution in [0.3, 0.4) is 0 Å². The van der Waals surface area contributed by atoms with Crippen molar-refractivity contribution >= 4 is 30.3 Å². The summed E-state index contributed by atoms with van der Waals surface area (Å²) >= 11 is 0. The van der Waals surface area contributed by atoms with Crippen LogP contribution >= 0.6 is 0 Å². The summed E-state index contributed by atoms with van der Waals surface area (Å²) in [4.78, 5) is -0.225. The normalized spacial score (nSPS) is 12.0. The zero-order chi connectivity index (χ0) is 29.5. The van der Waals surface area contributed by atoms with Gasteiger partial charge in [-0.3, -0.25) is 0 Å². The minimum absolute atomic E-state index is 0.0468. The van der Waals surface area contributed by atoms with Gasteiger partial charge in [0.1, 0.15) is 9.79 Å². The third kappa shape index (κ3) is 7.33. The van der Waals surface area contributed by atoms with E-state index in [4.69, 9.17) is 14.8 Å². The topological polar surface area (TPSA) is 124 Å². The molecule has 0 aliphatic rings. The molecule has 41 heavy (non-hydrogen) atoms. The third-order valence-corrected chi connectivity index (χ3v) is 10.1. The van der Waals surface area contributed by atoms with Crippen LogP contribution in [0, 0.1) is 12.3 Å². The molecule has 212 valence electrons. The fraction of sp³-hybridized carbons (Fsp3) is 0.103. The molecule has 0 saturated heterocycles. The highest BCUT2D eigenvalue weighted by molar-refractivity contribution is 7.89. The Morgan fingerprint density at radius 1 is 0.610 bits per heavy atom. The van der Waals surface area contributed by atoms with Gasteiger partial charge in [0.25, 0.3) is 0 Å². The summed E-state index contributed by atoms with van der Waals surface area (Å²) in [6, 6.07) is 26.5. The van der Waals surface area contributed by atoms with Crippen LogP contribution in [0.15, 0.2) is 124 Å². The number of rotatable bonds is 12. The Labute approximate surface area is 240 Å². The lowest BCUT2D eigenvalue weighted by molar-refractivity contribution is 0.444. The van der Waals surface area contributed by atoms with Gasteiger partial charge in [-0.25, -0.2) is 8.42 Å². The lowest BCUT2D eigenvalue weighted by Crippen LogP contribution is -2.33. The van der Waals surface area contributed by atoms with Crippen molar-refractivity contribution in [3.05, 3.63) is 115 Å². The van der Waals surface area contributed by atoms with Gasteiger partial charge in [0.15, 0.2) is 11.5 Å². The van der Waals surface area contributed by atoms with Crippen molar-refractivity contribution in [1.29, 1.82) is 0 Å². The van der Waals surface area contributed by atoms with E-state index >= 15 is 0 Å². The van der Waals surface area contributed by atoms with E-state index in [-0.39, 0.29) is 45.7 Å². The van der Waals surface area contributed by atoms with Gasteiger partial charge in [0, 0.05) is 6.54 Å². The van der Waals surface area contributed by atoms with E-state index in [0.717, 1.165) is 4.31 Å². The van der Waals surface area contributed by atoms with E-state index in [9.17, 15) is 25.3 Å². The van der Waals surface area contributed by atoms with E-state index in [1.54, 1.807) is 30.3 Å². The number of terminal acetylenes is 1. The smallest absolute Gasteiger partial charge is 0.339 e. The van der Waals surface area contributed by atoms with Crippen LogP contribution < -0.4 is 8.37 Å². The van der Waals surface area contributed by atoms with Crippen LogP contribution in [-0.2, 0) is 36.7 Å². The first-order chi connectivity index (χ1) is 19.5. The molecular formula is C29H25NO8S3. The molecule has 0 aromatic heterocycles. The maximum absolute atomic E-state index is 13.1. The largest absolute Gasteiger partial charge is 0.375 e. The Morgan fingerprint density at radius 3 is 1.56 bits per heavy atom. The molecule has 0 radical (unpaired) electrons. The van der Waals surface area contributed by atoms with Gasteiger partial charge in [0.05, 0.1) is 11.4 Å². The number of benzene rings is 4. The molecule has 0 heterocycles. The predicted molar refractivity (Wildman–Crippen MR) is 153 cm³/mol. The molecule has 0 atom stereocenters. The minimum atomic E-state index is -4.38. The number of nitrogens with zero attached hydrogens (tertiary/aromatic N) is 1. The van der Waals surface area contributed by atoms with Gasteiger partial charge in [-0.1, -0.05) is 66.6 Å². The zero-order valence-electron chi connectivity index (χ0n) is 21.5. The SMILES string of the molecule is C#CCN(CCc1ccc(OS(=O)(=O)c2ccccc2)c(OS(=O)(=O)c2ccccc2)c1)S(=O)(=O)c1ccccc1. The summed E-state index contributed by atoms with van der Waals surface area (Å²) in [5.74, 6) is 1.59. The molecule has 4 aromatic carbocycles. The molecule has 0 unspecified atom stereocenters. The van der Waals surface area contributed by atoms with Crippen LogP contribution in [0.25, 0.3) is 0 Å². The van der Waals surface area contributed by atoms with Crippen molar-refractivity contribution < 1.29 is 33.6 Å². The second-order valence-electron chi connectivity index (χ2n) is 8.59. The van der Waals surface area contributed by atoms with Crippen molar-refractivity contribution in [2.75, 3.05) is 13.1 Å². The monoisotopic (exact) mass is 611 g/mol. The highest BCUT2D eigenvalue weighted by Gasteiger charge is 2.26. The van der Waals surface area contributed by atoms with Gasteiger partial charge in [-0.15, -0.1) is 6.42 Å². The van der Waals surface area contributed by atoms with E-state index < -0.39 is 30.3 Å². The summed E-state index contributed by atoms with van der Waals surface area (Å²) in [6.45, 7) is -0.242. The zero-order valence-corrected chi connectivity index (χ0v) is 24.0. The molecule has 12 heteroatoms. The molecule has 0 bridgehead atoms. The second-order valence-corrected chi connectivity index (χ2v) is 13.6. The predicted octanol–water partition coefficient (Wildman–Crippen LogP) is 4.09. The molecule has 0 fully saturated rings. The number of sulfonamides is 1. The molecule has 0 amide bonds. The fourth-order valence-corrected chi connectivity index (χ4v) is 7.02. The Bertz CT molecular complexity index is 1850.